The summed E-state index contributed by atoms with van der Waals surface area (Å²) in [5.74, 6) is -0.650. The third-order valence-corrected chi connectivity index (χ3v) is 3.65. The lowest BCUT2D eigenvalue weighted by atomic mass is 10.2. The Morgan fingerprint density at radius 3 is 2.64 bits per heavy atom. The Bertz CT molecular complexity index is 666. The van der Waals surface area contributed by atoms with Crippen molar-refractivity contribution in [1.82, 2.24) is 4.98 Å². The van der Waals surface area contributed by atoms with Crippen LogP contribution in [0.3, 0.4) is 0 Å². The van der Waals surface area contributed by atoms with Crippen molar-refractivity contribution < 1.29 is 19.1 Å². The predicted molar refractivity (Wildman–Crippen MR) is 81.7 cm³/mol. The van der Waals surface area contributed by atoms with Crippen molar-refractivity contribution in [3.63, 3.8) is 0 Å². The van der Waals surface area contributed by atoms with E-state index in [0.29, 0.717) is 5.01 Å². The van der Waals surface area contributed by atoms with Crippen molar-refractivity contribution in [2.45, 2.75) is 26.6 Å². The zero-order chi connectivity index (χ0) is 16.1. The fourth-order valence-corrected chi connectivity index (χ4v) is 2.20. The molecule has 0 aliphatic carbocycles. The second kappa shape index (κ2) is 7.04. The summed E-state index contributed by atoms with van der Waals surface area (Å²) in [5.41, 5.74) is 6.32. The van der Waals surface area contributed by atoms with Crippen LogP contribution in [0.5, 0.6) is 5.75 Å². The molecule has 0 bridgehead atoms. The second-order valence-corrected chi connectivity index (χ2v) is 5.62. The molecular formula is C15H16N2O4S. The van der Waals surface area contributed by atoms with Gasteiger partial charge in [0.15, 0.2) is 11.8 Å². The highest BCUT2D eigenvalue weighted by Crippen LogP contribution is 2.16. The highest BCUT2D eigenvalue weighted by molar-refractivity contribution is 7.09. The number of rotatable bonds is 6. The molecule has 22 heavy (non-hydrogen) atoms. The standard InChI is InChI=1S/C15H16N2O4S/c1-9-3-5-11(6-4-9)20-7-13-17-12(8-22-13)15(19)21-10(2)14(16)18/h3-6,8,10H,7H2,1-2H3,(H2,16,18). The molecule has 1 amide bonds. The third-order valence-electron chi connectivity index (χ3n) is 2.83. The molecule has 1 atom stereocenters. The van der Waals surface area contributed by atoms with Gasteiger partial charge in [-0.25, -0.2) is 9.78 Å². The average molecular weight is 320 g/mol. The fraction of sp³-hybridized carbons (Fsp3) is 0.267. The first-order valence-electron chi connectivity index (χ1n) is 6.60. The highest BCUT2D eigenvalue weighted by atomic mass is 32.1. The van der Waals surface area contributed by atoms with Gasteiger partial charge in [-0.1, -0.05) is 17.7 Å². The number of ether oxygens (including phenoxy) is 2. The molecule has 116 valence electrons. The van der Waals surface area contributed by atoms with Crippen molar-refractivity contribution in [2.75, 3.05) is 0 Å². The molecule has 2 rings (SSSR count). The summed E-state index contributed by atoms with van der Waals surface area (Å²) in [4.78, 5) is 26.7. The van der Waals surface area contributed by atoms with Crippen LogP contribution in [0.2, 0.25) is 0 Å². The van der Waals surface area contributed by atoms with E-state index in [0.717, 1.165) is 11.3 Å². The first kappa shape index (κ1) is 16.0. The number of nitrogens with two attached hydrogens (primary N) is 1. The summed E-state index contributed by atoms with van der Waals surface area (Å²) in [6, 6.07) is 7.63. The Hall–Kier alpha value is -2.41. The van der Waals surface area contributed by atoms with E-state index in [1.807, 2.05) is 31.2 Å². The summed E-state index contributed by atoms with van der Waals surface area (Å²) in [7, 11) is 0. The van der Waals surface area contributed by atoms with Crippen molar-refractivity contribution in [3.8, 4) is 5.75 Å². The van der Waals surface area contributed by atoms with Gasteiger partial charge in [-0.2, -0.15) is 0 Å². The Morgan fingerprint density at radius 1 is 1.32 bits per heavy atom. The van der Waals surface area contributed by atoms with E-state index in [1.54, 1.807) is 5.38 Å². The number of amides is 1. The second-order valence-electron chi connectivity index (χ2n) is 4.68. The van der Waals surface area contributed by atoms with Gasteiger partial charge in [0.1, 0.15) is 17.4 Å². The minimum absolute atomic E-state index is 0.139. The summed E-state index contributed by atoms with van der Waals surface area (Å²) >= 11 is 1.28. The van der Waals surface area contributed by atoms with Crippen LogP contribution in [0.15, 0.2) is 29.6 Å². The number of carbonyl (C=O) groups is 2. The average Bonchev–Trinajstić information content (AvgIpc) is 2.95. The van der Waals surface area contributed by atoms with E-state index in [1.165, 1.54) is 18.3 Å². The van der Waals surface area contributed by atoms with E-state index in [-0.39, 0.29) is 12.3 Å². The topological polar surface area (TPSA) is 91.5 Å². The van der Waals surface area contributed by atoms with Gasteiger partial charge in [0.2, 0.25) is 0 Å². The quantitative estimate of drug-likeness (QED) is 0.823. The predicted octanol–water partition coefficient (Wildman–Crippen LogP) is 2.06. The van der Waals surface area contributed by atoms with Crippen LogP contribution in [-0.4, -0.2) is 23.0 Å². The van der Waals surface area contributed by atoms with Gasteiger partial charge in [-0.15, -0.1) is 11.3 Å². The number of hydrogen-bond donors (Lipinski definition) is 1. The van der Waals surface area contributed by atoms with Crippen molar-refractivity contribution in [3.05, 3.63) is 45.9 Å². The Morgan fingerprint density at radius 2 is 2.00 bits per heavy atom. The maximum Gasteiger partial charge on any atom is 0.358 e. The molecule has 1 aromatic heterocycles. The molecule has 0 saturated heterocycles. The van der Waals surface area contributed by atoms with Crippen LogP contribution in [0.4, 0.5) is 0 Å². The molecule has 1 aromatic carbocycles. The fourth-order valence-electron chi connectivity index (χ4n) is 1.53. The van der Waals surface area contributed by atoms with Crippen LogP contribution in [0.25, 0.3) is 0 Å². The largest absolute Gasteiger partial charge is 0.486 e. The molecular weight excluding hydrogens is 304 g/mol. The van der Waals surface area contributed by atoms with Gasteiger partial charge in [-0.05, 0) is 26.0 Å². The van der Waals surface area contributed by atoms with Gasteiger partial charge in [0.05, 0.1) is 0 Å². The van der Waals surface area contributed by atoms with Gasteiger partial charge in [0, 0.05) is 5.38 Å². The molecule has 0 fully saturated rings. The molecule has 7 heteroatoms. The summed E-state index contributed by atoms with van der Waals surface area (Å²) < 4.78 is 10.5. The SMILES string of the molecule is Cc1ccc(OCc2nc(C(=O)OC(C)C(N)=O)cs2)cc1. The first-order valence-corrected chi connectivity index (χ1v) is 7.48. The van der Waals surface area contributed by atoms with Gasteiger partial charge >= 0.3 is 5.97 Å². The minimum atomic E-state index is -0.985. The van der Waals surface area contributed by atoms with Crippen LogP contribution >= 0.6 is 11.3 Å². The summed E-state index contributed by atoms with van der Waals surface area (Å²) in [6.45, 7) is 3.66. The van der Waals surface area contributed by atoms with Gasteiger partial charge in [-0.3, -0.25) is 4.79 Å². The van der Waals surface area contributed by atoms with E-state index >= 15 is 0 Å². The number of benzene rings is 1. The number of carbonyl (C=O) groups excluding carboxylic acids is 2. The Kier molecular flexibility index (Phi) is 5.11. The lowest BCUT2D eigenvalue weighted by molar-refractivity contribution is -0.125. The number of primary amides is 1. The number of hydrogen-bond acceptors (Lipinski definition) is 6. The third kappa shape index (κ3) is 4.29. The monoisotopic (exact) mass is 320 g/mol. The number of aromatic nitrogens is 1. The number of nitrogens with zero attached hydrogens (tertiary/aromatic N) is 1. The molecule has 0 aliphatic heterocycles. The zero-order valence-electron chi connectivity index (χ0n) is 12.2. The van der Waals surface area contributed by atoms with Crippen LogP contribution in [-0.2, 0) is 16.1 Å². The van der Waals surface area contributed by atoms with Crippen molar-refractivity contribution in [2.24, 2.45) is 5.73 Å². The van der Waals surface area contributed by atoms with Crippen LogP contribution < -0.4 is 10.5 Å². The molecule has 0 saturated carbocycles. The number of thiazole rings is 1. The van der Waals surface area contributed by atoms with E-state index < -0.39 is 18.0 Å². The van der Waals surface area contributed by atoms with E-state index in [2.05, 4.69) is 4.98 Å². The number of esters is 1. The Labute approximate surface area is 131 Å². The van der Waals surface area contributed by atoms with Crippen molar-refractivity contribution >= 4 is 23.2 Å². The highest BCUT2D eigenvalue weighted by Gasteiger charge is 2.18. The molecule has 0 radical (unpaired) electrons. The molecule has 2 aromatic rings. The Balaban J connectivity index is 1.92. The summed E-state index contributed by atoms with van der Waals surface area (Å²) in [6.07, 6.45) is -0.985. The summed E-state index contributed by atoms with van der Waals surface area (Å²) in [5, 5.41) is 2.20. The molecule has 1 heterocycles. The smallest absolute Gasteiger partial charge is 0.358 e. The lowest BCUT2D eigenvalue weighted by Gasteiger charge is -2.07. The van der Waals surface area contributed by atoms with Crippen LogP contribution in [0, 0.1) is 6.92 Å². The minimum Gasteiger partial charge on any atom is -0.486 e. The maximum atomic E-state index is 11.8. The molecule has 2 N–H and O–H groups in total. The molecule has 0 aliphatic rings. The van der Waals surface area contributed by atoms with Crippen LogP contribution in [0.1, 0.15) is 28.0 Å². The van der Waals surface area contributed by atoms with Crippen molar-refractivity contribution in [1.29, 1.82) is 0 Å². The molecule has 6 nitrogen and oxygen atoms in total. The first-order chi connectivity index (χ1) is 10.5. The lowest BCUT2D eigenvalue weighted by Crippen LogP contribution is -2.30. The zero-order valence-corrected chi connectivity index (χ0v) is 13.1. The maximum absolute atomic E-state index is 11.8. The molecule has 0 spiro atoms. The number of aryl methyl sites for hydroxylation is 1. The van der Waals surface area contributed by atoms with Gasteiger partial charge in [0.25, 0.3) is 5.91 Å². The molecule has 1 unspecified atom stereocenters. The van der Waals surface area contributed by atoms with E-state index in [4.69, 9.17) is 15.2 Å². The normalized spacial score (nSPS) is 11.7. The van der Waals surface area contributed by atoms with E-state index in [9.17, 15) is 9.59 Å². The van der Waals surface area contributed by atoms with Gasteiger partial charge < -0.3 is 15.2 Å².